The summed E-state index contributed by atoms with van der Waals surface area (Å²) in [6.45, 7) is 6.42. The van der Waals surface area contributed by atoms with Crippen LogP contribution in [0.5, 0.6) is 0 Å². The number of rotatable bonds is 0. The fourth-order valence-corrected chi connectivity index (χ4v) is 1.75. The van der Waals surface area contributed by atoms with Gasteiger partial charge in [0.15, 0.2) is 0 Å². The summed E-state index contributed by atoms with van der Waals surface area (Å²) in [5.74, 6) is 0. The van der Waals surface area contributed by atoms with Crippen LogP contribution in [-0.2, 0) is 4.74 Å². The summed E-state index contributed by atoms with van der Waals surface area (Å²) < 4.78 is 5.74. The van der Waals surface area contributed by atoms with E-state index in [0.29, 0.717) is 10.9 Å². The molecule has 2 heteroatoms. The van der Waals surface area contributed by atoms with Gasteiger partial charge in [0, 0.05) is 4.83 Å². The van der Waals surface area contributed by atoms with Gasteiger partial charge in [0.2, 0.25) is 0 Å². The van der Waals surface area contributed by atoms with Gasteiger partial charge < -0.3 is 4.74 Å². The fraction of sp³-hybridized carbons (Fsp3) is 1.00. The second-order valence-electron chi connectivity index (χ2n) is 3.58. The Morgan fingerprint density at radius 3 is 2.40 bits per heavy atom. The van der Waals surface area contributed by atoms with Crippen molar-refractivity contribution in [3.05, 3.63) is 0 Å². The molecular formula is C8H15BrO. The summed E-state index contributed by atoms with van der Waals surface area (Å²) in [7, 11) is 0. The molecule has 0 aliphatic carbocycles. The monoisotopic (exact) mass is 206 g/mol. The number of hydrogen-bond acceptors (Lipinski definition) is 1. The standard InChI is InChI=1S/C8H15BrO/c1-6-4-5-7(9)8(2,3)10-6/h6-7H,4-5H2,1-3H3. The molecule has 0 spiro atoms. The highest BCUT2D eigenvalue weighted by Gasteiger charge is 2.34. The number of alkyl halides is 1. The predicted octanol–water partition coefficient (Wildman–Crippen LogP) is 2.73. The highest BCUT2D eigenvalue weighted by molar-refractivity contribution is 9.09. The van der Waals surface area contributed by atoms with Crippen LogP contribution in [-0.4, -0.2) is 16.5 Å². The highest BCUT2D eigenvalue weighted by Crippen LogP contribution is 2.33. The van der Waals surface area contributed by atoms with E-state index in [9.17, 15) is 0 Å². The van der Waals surface area contributed by atoms with E-state index in [1.807, 2.05) is 0 Å². The van der Waals surface area contributed by atoms with Crippen LogP contribution in [0.15, 0.2) is 0 Å². The van der Waals surface area contributed by atoms with E-state index in [1.54, 1.807) is 0 Å². The van der Waals surface area contributed by atoms with Crippen molar-refractivity contribution in [1.29, 1.82) is 0 Å². The van der Waals surface area contributed by atoms with E-state index < -0.39 is 0 Å². The Labute approximate surface area is 71.3 Å². The SMILES string of the molecule is CC1CCC(Br)C(C)(C)O1. The molecular weight excluding hydrogens is 192 g/mol. The first-order valence-electron chi connectivity index (χ1n) is 3.84. The van der Waals surface area contributed by atoms with Gasteiger partial charge >= 0.3 is 0 Å². The normalized spacial score (nSPS) is 39.6. The summed E-state index contributed by atoms with van der Waals surface area (Å²) in [4.78, 5) is 0.524. The zero-order chi connectivity index (χ0) is 7.78. The Kier molecular flexibility index (Phi) is 2.41. The van der Waals surface area contributed by atoms with E-state index in [-0.39, 0.29) is 5.60 Å². The van der Waals surface area contributed by atoms with E-state index in [0.717, 1.165) is 0 Å². The average Bonchev–Trinajstić information content (AvgIpc) is 1.78. The van der Waals surface area contributed by atoms with Crippen LogP contribution in [0.3, 0.4) is 0 Å². The van der Waals surface area contributed by atoms with E-state index in [1.165, 1.54) is 12.8 Å². The van der Waals surface area contributed by atoms with Gasteiger partial charge in [-0.05, 0) is 33.6 Å². The van der Waals surface area contributed by atoms with Gasteiger partial charge in [0.25, 0.3) is 0 Å². The minimum Gasteiger partial charge on any atom is -0.371 e. The molecule has 1 aliphatic heterocycles. The Morgan fingerprint density at radius 1 is 1.40 bits per heavy atom. The van der Waals surface area contributed by atoms with Crippen LogP contribution < -0.4 is 0 Å². The molecule has 0 N–H and O–H groups in total. The Hall–Kier alpha value is 0.440. The number of ether oxygens (including phenoxy) is 1. The number of halogens is 1. The molecule has 0 amide bonds. The van der Waals surface area contributed by atoms with Crippen LogP contribution in [0.4, 0.5) is 0 Å². The Balaban J connectivity index is 2.55. The first-order valence-corrected chi connectivity index (χ1v) is 4.76. The number of hydrogen-bond donors (Lipinski definition) is 0. The second-order valence-corrected chi connectivity index (χ2v) is 4.68. The van der Waals surface area contributed by atoms with Gasteiger partial charge in [-0.15, -0.1) is 0 Å². The topological polar surface area (TPSA) is 9.23 Å². The van der Waals surface area contributed by atoms with Crippen LogP contribution in [0.25, 0.3) is 0 Å². The maximum Gasteiger partial charge on any atom is 0.0754 e. The molecule has 2 unspecified atom stereocenters. The molecule has 1 fully saturated rings. The van der Waals surface area contributed by atoms with Gasteiger partial charge in [-0.25, -0.2) is 0 Å². The summed E-state index contributed by atoms with van der Waals surface area (Å²) in [6.07, 6.45) is 2.84. The lowest BCUT2D eigenvalue weighted by Crippen LogP contribution is -2.42. The molecule has 0 aromatic carbocycles. The molecule has 1 rings (SSSR count). The molecule has 1 saturated heterocycles. The maximum atomic E-state index is 5.74. The minimum absolute atomic E-state index is 0.0255. The van der Waals surface area contributed by atoms with Crippen molar-refractivity contribution in [2.75, 3.05) is 0 Å². The van der Waals surface area contributed by atoms with Gasteiger partial charge in [-0.2, -0.15) is 0 Å². The molecule has 1 aliphatic rings. The zero-order valence-electron chi connectivity index (χ0n) is 6.86. The predicted molar refractivity (Wildman–Crippen MR) is 46.6 cm³/mol. The Morgan fingerprint density at radius 2 is 2.00 bits per heavy atom. The first-order chi connectivity index (χ1) is 4.52. The van der Waals surface area contributed by atoms with Crippen molar-refractivity contribution >= 4 is 15.9 Å². The summed E-state index contributed by atoms with van der Waals surface area (Å²) >= 11 is 3.61. The quantitative estimate of drug-likeness (QED) is 0.555. The lowest BCUT2D eigenvalue weighted by atomic mass is 9.95. The van der Waals surface area contributed by atoms with Crippen LogP contribution in [0, 0.1) is 0 Å². The van der Waals surface area contributed by atoms with E-state index in [4.69, 9.17) is 4.74 Å². The van der Waals surface area contributed by atoms with Gasteiger partial charge in [0.05, 0.1) is 11.7 Å². The fourth-order valence-electron chi connectivity index (χ4n) is 1.38. The van der Waals surface area contributed by atoms with E-state index >= 15 is 0 Å². The van der Waals surface area contributed by atoms with Crippen molar-refractivity contribution in [2.45, 2.75) is 50.1 Å². The summed E-state index contributed by atoms with van der Waals surface area (Å²) in [5.41, 5.74) is 0.0255. The van der Waals surface area contributed by atoms with Crippen LogP contribution >= 0.6 is 15.9 Å². The van der Waals surface area contributed by atoms with Crippen molar-refractivity contribution < 1.29 is 4.74 Å². The molecule has 2 atom stereocenters. The molecule has 60 valence electrons. The molecule has 1 heterocycles. The summed E-state index contributed by atoms with van der Waals surface area (Å²) in [5, 5.41) is 0. The van der Waals surface area contributed by atoms with Crippen molar-refractivity contribution in [1.82, 2.24) is 0 Å². The smallest absolute Gasteiger partial charge is 0.0754 e. The molecule has 0 saturated carbocycles. The third-order valence-electron chi connectivity index (χ3n) is 2.09. The third kappa shape index (κ3) is 1.73. The third-order valence-corrected chi connectivity index (χ3v) is 3.65. The lowest BCUT2D eigenvalue weighted by molar-refractivity contribution is -0.0917. The van der Waals surface area contributed by atoms with Gasteiger partial charge in [0.1, 0.15) is 0 Å². The largest absolute Gasteiger partial charge is 0.371 e. The maximum absolute atomic E-state index is 5.74. The lowest BCUT2D eigenvalue weighted by Gasteiger charge is -2.38. The minimum atomic E-state index is 0.0255. The average molecular weight is 207 g/mol. The molecule has 0 radical (unpaired) electrons. The zero-order valence-corrected chi connectivity index (χ0v) is 8.44. The summed E-state index contributed by atoms with van der Waals surface area (Å²) in [6, 6.07) is 0. The molecule has 1 nitrogen and oxygen atoms in total. The van der Waals surface area contributed by atoms with Gasteiger partial charge in [-0.1, -0.05) is 15.9 Å². The van der Waals surface area contributed by atoms with Crippen LogP contribution in [0.1, 0.15) is 33.6 Å². The Bertz CT molecular complexity index is 122. The molecule has 0 aromatic rings. The molecule has 0 aromatic heterocycles. The second kappa shape index (κ2) is 2.82. The molecule has 0 bridgehead atoms. The van der Waals surface area contributed by atoms with Crippen molar-refractivity contribution in [3.63, 3.8) is 0 Å². The van der Waals surface area contributed by atoms with Gasteiger partial charge in [-0.3, -0.25) is 0 Å². The highest BCUT2D eigenvalue weighted by atomic mass is 79.9. The van der Waals surface area contributed by atoms with Crippen molar-refractivity contribution in [3.8, 4) is 0 Å². The molecule has 10 heavy (non-hydrogen) atoms. The first kappa shape index (κ1) is 8.54. The van der Waals surface area contributed by atoms with E-state index in [2.05, 4.69) is 36.7 Å². The van der Waals surface area contributed by atoms with Crippen molar-refractivity contribution in [2.24, 2.45) is 0 Å². The van der Waals surface area contributed by atoms with Crippen LogP contribution in [0.2, 0.25) is 0 Å².